The summed E-state index contributed by atoms with van der Waals surface area (Å²) in [7, 11) is 0. The number of hydrogen-bond donors (Lipinski definition) is 0. The summed E-state index contributed by atoms with van der Waals surface area (Å²) in [6, 6.07) is 16.8. The zero-order valence-electron chi connectivity index (χ0n) is 40.7. The molecule has 0 saturated heterocycles. The van der Waals surface area contributed by atoms with Gasteiger partial charge in [-0.05, 0) is 47.9 Å². The number of Topliss-reactive ketones (excluding diaryl/α,β-unsaturated/α-hetero) is 1. The second-order valence-corrected chi connectivity index (χ2v) is 18.4. The highest BCUT2D eigenvalue weighted by Crippen LogP contribution is 2.42. The predicted molar refractivity (Wildman–Crippen MR) is 250 cm³/mol. The van der Waals surface area contributed by atoms with Crippen molar-refractivity contribution in [2.75, 3.05) is 0 Å². The van der Waals surface area contributed by atoms with E-state index in [0.29, 0.717) is 16.8 Å². The van der Waals surface area contributed by atoms with Gasteiger partial charge in [-0.3, -0.25) is 4.79 Å². The summed E-state index contributed by atoms with van der Waals surface area (Å²) in [5.74, 6) is -0.312. The number of aromatic nitrogens is 1. The molecular weight excluding hydrogens is 1180 g/mol. The molecule has 1 heterocycles. The Labute approximate surface area is 449 Å². The number of nitrogens with zero attached hydrogens (tertiary/aromatic N) is 1. The zero-order valence-corrected chi connectivity index (χ0v) is 40.7. The second-order valence-electron chi connectivity index (χ2n) is 18.4. The molecule has 0 aliphatic rings. The van der Waals surface area contributed by atoms with Crippen LogP contribution in [0.1, 0.15) is 54.9 Å². The van der Waals surface area contributed by atoms with Crippen LogP contribution >= 0.6 is 0 Å². The van der Waals surface area contributed by atoms with E-state index in [4.69, 9.17) is 0 Å². The Morgan fingerprint density at radius 3 is 0.952 bits per heavy atom. The van der Waals surface area contributed by atoms with E-state index in [1.165, 1.54) is 6.07 Å². The maximum atomic E-state index is 14.5. The van der Waals surface area contributed by atoms with E-state index in [1.807, 2.05) is 65.4 Å². The first kappa shape index (κ1) is 62.5. The number of carbonyl (C=O) groups is 1. The average molecular weight is 1210 g/mol. The van der Waals surface area contributed by atoms with E-state index in [2.05, 4.69) is 0 Å². The van der Waals surface area contributed by atoms with Crippen LogP contribution in [0.4, 0.5) is 110 Å². The number of hydrogen-bond acceptors (Lipinski definition) is 1. The van der Waals surface area contributed by atoms with Gasteiger partial charge >= 0.3 is 49.4 Å². The standard InChI is InChI=1S/C32H12BF24.C23H17FNO/c34-25(35,36)13-1-14(26(37,38)39)6-21(5-13)33(22-7-15(27(40,41)42)2-16(8-22)28(43,44)45,23-9-17(29(46,47)48)3-18(10-23)30(49,50)51)24-11-19(31(52,53)54)4-20(12-24)32(55,56)57;24-21-13-7-6-12-20(21)23-19-11-5-4-8-17(19)14-15-25(23)16-22(26)18-9-2-1-3-10-18/h1-12H;1-15H,16H2/q-1;+1. The highest BCUT2D eigenvalue weighted by atomic mass is 19.4. The molecule has 0 fully saturated rings. The van der Waals surface area contributed by atoms with Gasteiger partial charge in [0.1, 0.15) is 12.0 Å². The first-order valence-corrected chi connectivity index (χ1v) is 23.1. The fraction of sp³-hybridized carbons (Fsp3) is 0.164. The van der Waals surface area contributed by atoms with Crippen molar-refractivity contribution in [3.05, 3.63) is 220 Å². The molecule has 0 N–H and O–H groups in total. The Morgan fingerprint density at radius 1 is 0.349 bits per heavy atom. The molecule has 28 heteroatoms. The molecule has 8 aromatic rings. The van der Waals surface area contributed by atoms with Crippen molar-refractivity contribution in [2.45, 2.75) is 56.0 Å². The van der Waals surface area contributed by atoms with Crippen LogP contribution in [0, 0.1) is 5.82 Å². The highest BCUT2D eigenvalue weighted by Gasteiger charge is 2.47. The van der Waals surface area contributed by atoms with Crippen molar-refractivity contribution in [1.82, 2.24) is 0 Å². The number of halogens is 25. The van der Waals surface area contributed by atoms with Crippen LogP contribution in [0.2, 0.25) is 0 Å². The Morgan fingerprint density at radius 2 is 0.639 bits per heavy atom. The summed E-state index contributed by atoms with van der Waals surface area (Å²) >= 11 is 0. The van der Waals surface area contributed by atoms with E-state index in [9.17, 15) is 115 Å². The topological polar surface area (TPSA) is 20.9 Å². The van der Waals surface area contributed by atoms with Gasteiger partial charge in [0.15, 0.2) is 6.20 Å². The molecule has 8 rings (SSSR count). The maximum absolute atomic E-state index is 14.5. The molecule has 1 aromatic heterocycles. The lowest BCUT2D eigenvalue weighted by atomic mass is 9.12. The summed E-state index contributed by atoms with van der Waals surface area (Å²) in [4.78, 5) is 12.7. The van der Waals surface area contributed by atoms with E-state index < -0.39 is 195 Å². The number of fused-ring (bicyclic) bond motifs is 1. The van der Waals surface area contributed by atoms with Gasteiger partial charge in [-0.15, -0.1) is 0 Å². The van der Waals surface area contributed by atoms with Gasteiger partial charge < -0.3 is 0 Å². The minimum absolute atomic E-state index is 0.0107. The fourth-order valence-electron chi connectivity index (χ4n) is 9.28. The number of carbonyl (C=O) groups excluding carboxylic acids is 1. The quantitative estimate of drug-likeness (QED) is 0.0643. The second kappa shape index (κ2) is 21.9. The van der Waals surface area contributed by atoms with Crippen molar-refractivity contribution in [1.29, 1.82) is 0 Å². The largest absolute Gasteiger partial charge is 0.416 e. The summed E-state index contributed by atoms with van der Waals surface area (Å²) in [6.07, 6.45) is -53.0. The van der Waals surface area contributed by atoms with E-state index >= 15 is 0 Å². The van der Waals surface area contributed by atoms with Crippen molar-refractivity contribution >= 4 is 44.6 Å². The van der Waals surface area contributed by atoms with Crippen LogP contribution < -0.4 is 26.4 Å². The van der Waals surface area contributed by atoms with E-state index in [-0.39, 0.29) is 18.1 Å². The lowest BCUT2D eigenvalue weighted by Crippen LogP contribution is -2.75. The molecule has 0 aliphatic heterocycles. The molecule has 7 aromatic carbocycles. The summed E-state index contributed by atoms with van der Waals surface area (Å²) in [6.45, 7) is 0.151. The molecule has 0 spiro atoms. The third-order valence-corrected chi connectivity index (χ3v) is 12.9. The zero-order chi connectivity index (χ0) is 61.8. The monoisotopic (exact) mass is 1210 g/mol. The van der Waals surface area contributed by atoms with Gasteiger partial charge in [-0.25, -0.2) is 4.39 Å². The van der Waals surface area contributed by atoms with Crippen LogP contribution in [0.15, 0.2) is 164 Å². The Hall–Kier alpha value is -8.07. The molecular formula is C55H29BF25NO. The van der Waals surface area contributed by atoms with E-state index in [1.54, 1.807) is 24.3 Å². The Kier molecular flexibility index (Phi) is 16.5. The van der Waals surface area contributed by atoms with Crippen molar-refractivity contribution in [2.24, 2.45) is 0 Å². The molecule has 0 amide bonds. The van der Waals surface area contributed by atoms with Gasteiger partial charge in [0.2, 0.25) is 18.0 Å². The predicted octanol–water partition coefficient (Wildman–Crippen LogP) is 16.0. The van der Waals surface area contributed by atoms with Crippen LogP contribution in [-0.4, -0.2) is 11.9 Å². The molecule has 2 nitrogen and oxygen atoms in total. The van der Waals surface area contributed by atoms with Crippen LogP contribution in [-0.2, 0) is 56.0 Å². The lowest BCUT2D eigenvalue weighted by molar-refractivity contribution is -0.671. The molecule has 0 unspecified atom stereocenters. The smallest absolute Gasteiger partial charge is 0.287 e. The van der Waals surface area contributed by atoms with Crippen LogP contribution in [0.5, 0.6) is 0 Å². The summed E-state index contributed by atoms with van der Waals surface area (Å²) in [5, 5.41) is 1.93. The number of benzene rings is 7. The Balaban J connectivity index is 0.000000313. The fourth-order valence-corrected chi connectivity index (χ4v) is 9.28. The third-order valence-electron chi connectivity index (χ3n) is 12.9. The van der Waals surface area contributed by atoms with Gasteiger partial charge in [0.25, 0.3) is 0 Å². The highest BCUT2D eigenvalue weighted by molar-refractivity contribution is 7.20. The molecule has 0 saturated carbocycles. The first-order chi connectivity index (χ1) is 38.0. The van der Waals surface area contributed by atoms with Crippen LogP contribution in [0.25, 0.3) is 22.0 Å². The molecule has 0 aliphatic carbocycles. The maximum Gasteiger partial charge on any atom is 0.416 e. The van der Waals surface area contributed by atoms with Crippen molar-refractivity contribution < 1.29 is 119 Å². The Bertz CT molecular complexity index is 3260. The minimum atomic E-state index is -6.13. The van der Waals surface area contributed by atoms with E-state index in [0.717, 1.165) is 10.8 Å². The third kappa shape index (κ3) is 13.7. The number of rotatable bonds is 8. The molecule has 0 atom stereocenters. The first-order valence-electron chi connectivity index (χ1n) is 23.1. The summed E-state index contributed by atoms with van der Waals surface area (Å²) in [5.41, 5.74) is -28.4. The number of pyridine rings is 1. The van der Waals surface area contributed by atoms with Gasteiger partial charge in [0, 0.05) is 11.6 Å². The number of alkyl halides is 24. The van der Waals surface area contributed by atoms with Crippen molar-refractivity contribution in [3.63, 3.8) is 0 Å². The van der Waals surface area contributed by atoms with Gasteiger partial charge in [-0.1, -0.05) is 109 Å². The van der Waals surface area contributed by atoms with Crippen LogP contribution in [0.3, 0.4) is 0 Å². The molecule has 0 bridgehead atoms. The van der Waals surface area contributed by atoms with Crippen molar-refractivity contribution in [3.8, 4) is 11.3 Å². The normalized spacial score (nSPS) is 13.2. The number of ketones is 1. The summed E-state index contributed by atoms with van der Waals surface area (Å²) < 4.78 is 357. The van der Waals surface area contributed by atoms with Gasteiger partial charge in [-0.2, -0.15) is 132 Å². The molecule has 0 radical (unpaired) electrons. The average Bonchev–Trinajstić information content (AvgIpc) is 0.920. The molecule has 83 heavy (non-hydrogen) atoms. The SMILES string of the molecule is FC(F)(F)c1cc([B-](c2cc(C(F)(F)F)cc(C(F)(F)F)c2)(c2cc(C(F)(F)F)cc(C(F)(F)F)c2)c2cc(C(F)(F)F)cc(C(F)(F)F)c2)cc(C(F)(F)F)c1.O=C(C[n+]1ccc2ccccc2c1-c1ccccc1F)c1ccccc1. The van der Waals surface area contributed by atoms with Gasteiger partial charge in [0.05, 0.1) is 55.5 Å². The molecule has 438 valence electrons. The lowest BCUT2D eigenvalue weighted by Gasteiger charge is -2.46. The minimum Gasteiger partial charge on any atom is -0.287 e.